The van der Waals surface area contributed by atoms with E-state index >= 15 is 0 Å². The first kappa shape index (κ1) is 19.5. The lowest BCUT2D eigenvalue weighted by molar-refractivity contribution is -0.128. The Bertz CT molecular complexity index is 771. The molecule has 0 aliphatic heterocycles. The number of para-hydroxylation sites is 1. The highest BCUT2D eigenvalue weighted by Gasteiger charge is 2.16. The zero-order valence-electron chi connectivity index (χ0n) is 15.8. The summed E-state index contributed by atoms with van der Waals surface area (Å²) in [4.78, 5) is 25.7. The van der Waals surface area contributed by atoms with Crippen LogP contribution in [0.15, 0.2) is 48.5 Å². The zero-order valence-corrected chi connectivity index (χ0v) is 15.8. The van der Waals surface area contributed by atoms with Crippen molar-refractivity contribution < 1.29 is 14.3 Å². The molecule has 1 N–H and O–H groups in total. The van der Waals surface area contributed by atoms with E-state index in [0.717, 1.165) is 11.1 Å². The Morgan fingerprint density at radius 2 is 1.85 bits per heavy atom. The summed E-state index contributed by atoms with van der Waals surface area (Å²) in [6.45, 7) is 3.67. The Labute approximate surface area is 155 Å². The van der Waals surface area contributed by atoms with E-state index in [0.29, 0.717) is 24.3 Å². The Morgan fingerprint density at radius 1 is 1.12 bits per heavy atom. The number of carbonyl (C=O) groups excluding carboxylic acids is 2. The monoisotopic (exact) mass is 354 g/mol. The number of hydrogen-bond donors (Lipinski definition) is 1. The molecule has 0 saturated heterocycles. The molecule has 0 heterocycles. The molecule has 0 radical (unpaired) electrons. The van der Waals surface area contributed by atoms with E-state index in [9.17, 15) is 9.59 Å². The van der Waals surface area contributed by atoms with Crippen molar-refractivity contribution in [3.05, 3.63) is 59.7 Å². The highest BCUT2D eigenvalue weighted by Crippen LogP contribution is 2.19. The minimum absolute atomic E-state index is 0.0830. The zero-order chi connectivity index (χ0) is 19.1. The number of aryl methyl sites for hydroxylation is 2. The third-order valence-corrected chi connectivity index (χ3v) is 4.09. The van der Waals surface area contributed by atoms with Crippen LogP contribution >= 0.6 is 0 Å². The summed E-state index contributed by atoms with van der Waals surface area (Å²) in [6.07, 6.45) is 0.461. The van der Waals surface area contributed by atoms with Gasteiger partial charge < -0.3 is 15.0 Å². The van der Waals surface area contributed by atoms with Crippen molar-refractivity contribution >= 4 is 17.5 Å². The van der Waals surface area contributed by atoms with E-state index in [2.05, 4.69) is 5.32 Å². The van der Waals surface area contributed by atoms with Crippen molar-refractivity contribution in [2.75, 3.05) is 19.4 Å². The predicted octanol–water partition coefficient (Wildman–Crippen LogP) is 3.42. The van der Waals surface area contributed by atoms with Crippen LogP contribution in [0.25, 0.3) is 0 Å². The standard InChI is InChI=1S/C21H26N2O3/c1-15-8-5-6-11-19(15)26-16(2)21(25)22-18-10-7-9-17(14-18)12-13-20(24)23(3)4/h5-11,14,16H,12-13H2,1-4H3,(H,22,25). The summed E-state index contributed by atoms with van der Waals surface area (Å²) < 4.78 is 5.75. The summed E-state index contributed by atoms with van der Waals surface area (Å²) in [5.74, 6) is 0.570. The average molecular weight is 354 g/mol. The average Bonchev–Trinajstić information content (AvgIpc) is 2.61. The molecule has 5 nitrogen and oxygen atoms in total. The quantitative estimate of drug-likeness (QED) is 0.829. The molecule has 0 aliphatic carbocycles. The van der Waals surface area contributed by atoms with Gasteiger partial charge in [0.2, 0.25) is 5.91 Å². The highest BCUT2D eigenvalue weighted by atomic mass is 16.5. The molecule has 2 rings (SSSR count). The molecule has 0 aromatic heterocycles. The van der Waals surface area contributed by atoms with E-state index in [-0.39, 0.29) is 11.8 Å². The SMILES string of the molecule is Cc1ccccc1OC(C)C(=O)Nc1cccc(CCC(=O)N(C)C)c1. The Kier molecular flexibility index (Phi) is 6.78. The van der Waals surface area contributed by atoms with E-state index in [1.54, 1.807) is 25.9 Å². The summed E-state index contributed by atoms with van der Waals surface area (Å²) in [6, 6.07) is 15.1. The van der Waals surface area contributed by atoms with Gasteiger partial charge in [-0.3, -0.25) is 9.59 Å². The lowest BCUT2D eigenvalue weighted by Crippen LogP contribution is -2.30. The molecule has 0 bridgehead atoms. The van der Waals surface area contributed by atoms with Gasteiger partial charge >= 0.3 is 0 Å². The van der Waals surface area contributed by atoms with Crippen LogP contribution in [0.5, 0.6) is 5.75 Å². The molecule has 2 aromatic carbocycles. The number of ether oxygens (including phenoxy) is 1. The number of nitrogens with one attached hydrogen (secondary N) is 1. The van der Waals surface area contributed by atoms with Crippen molar-refractivity contribution in [3.8, 4) is 5.75 Å². The predicted molar refractivity (Wildman–Crippen MR) is 103 cm³/mol. The normalized spacial score (nSPS) is 11.5. The fraction of sp³-hybridized carbons (Fsp3) is 0.333. The number of hydrogen-bond acceptors (Lipinski definition) is 3. The van der Waals surface area contributed by atoms with Crippen LogP contribution in [0.4, 0.5) is 5.69 Å². The number of nitrogens with zero attached hydrogens (tertiary/aromatic N) is 1. The molecule has 0 saturated carbocycles. The number of amides is 2. The Hall–Kier alpha value is -2.82. The van der Waals surface area contributed by atoms with Crippen molar-refractivity contribution in [2.45, 2.75) is 32.8 Å². The van der Waals surface area contributed by atoms with Crippen LogP contribution in [0, 0.1) is 6.92 Å². The maximum atomic E-state index is 12.4. The van der Waals surface area contributed by atoms with Crippen molar-refractivity contribution in [1.82, 2.24) is 4.90 Å². The van der Waals surface area contributed by atoms with Crippen LogP contribution in [-0.2, 0) is 16.0 Å². The fourth-order valence-electron chi connectivity index (χ4n) is 2.46. The largest absolute Gasteiger partial charge is 0.481 e. The van der Waals surface area contributed by atoms with Crippen LogP contribution in [0.2, 0.25) is 0 Å². The van der Waals surface area contributed by atoms with Gasteiger partial charge in [0.1, 0.15) is 5.75 Å². The van der Waals surface area contributed by atoms with E-state index in [4.69, 9.17) is 4.74 Å². The van der Waals surface area contributed by atoms with Gasteiger partial charge in [-0.1, -0.05) is 30.3 Å². The molecular weight excluding hydrogens is 328 g/mol. The number of benzene rings is 2. The number of anilines is 1. The van der Waals surface area contributed by atoms with E-state index < -0.39 is 6.10 Å². The van der Waals surface area contributed by atoms with Crippen LogP contribution < -0.4 is 10.1 Å². The molecule has 1 atom stereocenters. The van der Waals surface area contributed by atoms with Crippen LogP contribution in [0.1, 0.15) is 24.5 Å². The van der Waals surface area contributed by atoms with Crippen LogP contribution in [-0.4, -0.2) is 36.9 Å². The molecule has 138 valence electrons. The smallest absolute Gasteiger partial charge is 0.265 e. The third kappa shape index (κ3) is 5.62. The molecule has 2 amide bonds. The lowest BCUT2D eigenvalue weighted by atomic mass is 10.1. The van der Waals surface area contributed by atoms with Crippen molar-refractivity contribution in [1.29, 1.82) is 0 Å². The first-order valence-corrected chi connectivity index (χ1v) is 8.69. The number of carbonyl (C=O) groups is 2. The minimum Gasteiger partial charge on any atom is -0.481 e. The topological polar surface area (TPSA) is 58.6 Å². The minimum atomic E-state index is -0.616. The molecule has 1 unspecified atom stereocenters. The van der Waals surface area contributed by atoms with Gasteiger partial charge in [-0.05, 0) is 49.6 Å². The first-order chi connectivity index (χ1) is 12.4. The summed E-state index contributed by atoms with van der Waals surface area (Å²) >= 11 is 0. The van der Waals surface area contributed by atoms with Gasteiger partial charge in [-0.15, -0.1) is 0 Å². The van der Waals surface area contributed by atoms with Crippen LogP contribution in [0.3, 0.4) is 0 Å². The second kappa shape index (κ2) is 9.04. The van der Waals surface area contributed by atoms with Gasteiger partial charge in [-0.2, -0.15) is 0 Å². The second-order valence-corrected chi connectivity index (χ2v) is 6.50. The van der Waals surface area contributed by atoms with Crippen molar-refractivity contribution in [3.63, 3.8) is 0 Å². The lowest BCUT2D eigenvalue weighted by Gasteiger charge is -2.16. The molecule has 0 aliphatic rings. The Balaban J connectivity index is 1.95. The molecule has 5 heteroatoms. The van der Waals surface area contributed by atoms with Gasteiger partial charge in [0, 0.05) is 26.2 Å². The third-order valence-electron chi connectivity index (χ3n) is 4.09. The van der Waals surface area contributed by atoms with Crippen molar-refractivity contribution in [2.24, 2.45) is 0 Å². The van der Waals surface area contributed by atoms with E-state index in [1.807, 2.05) is 55.5 Å². The summed E-state index contributed by atoms with van der Waals surface area (Å²) in [5, 5.41) is 2.87. The van der Waals surface area contributed by atoms with Gasteiger partial charge in [-0.25, -0.2) is 0 Å². The highest BCUT2D eigenvalue weighted by molar-refractivity contribution is 5.94. The fourth-order valence-corrected chi connectivity index (χ4v) is 2.46. The van der Waals surface area contributed by atoms with Gasteiger partial charge in [0.25, 0.3) is 5.91 Å². The summed E-state index contributed by atoms with van der Waals surface area (Å²) in [5.41, 5.74) is 2.69. The molecular formula is C21H26N2O3. The molecule has 0 spiro atoms. The second-order valence-electron chi connectivity index (χ2n) is 6.50. The van der Waals surface area contributed by atoms with Gasteiger partial charge in [0.15, 0.2) is 6.10 Å². The molecule has 26 heavy (non-hydrogen) atoms. The Morgan fingerprint density at radius 3 is 2.54 bits per heavy atom. The first-order valence-electron chi connectivity index (χ1n) is 8.69. The molecule has 2 aromatic rings. The molecule has 0 fully saturated rings. The summed E-state index contributed by atoms with van der Waals surface area (Å²) in [7, 11) is 3.49. The maximum Gasteiger partial charge on any atom is 0.265 e. The van der Waals surface area contributed by atoms with E-state index in [1.165, 1.54) is 0 Å². The van der Waals surface area contributed by atoms with Gasteiger partial charge in [0.05, 0.1) is 0 Å². The number of rotatable bonds is 7. The maximum absolute atomic E-state index is 12.4.